The van der Waals surface area contributed by atoms with Gasteiger partial charge >= 0.3 is 0 Å². The molecule has 0 aliphatic heterocycles. The normalized spacial score (nSPS) is 10.5. The summed E-state index contributed by atoms with van der Waals surface area (Å²) < 4.78 is 1.01. The first-order chi connectivity index (χ1) is 6.20. The van der Waals surface area contributed by atoms with E-state index in [0.717, 1.165) is 20.9 Å². The number of amidine groups is 1. The monoisotopic (exact) mass is 237 g/mol. The number of halogens is 1. The number of rotatable bonds is 1. The first-order valence-corrected chi connectivity index (χ1v) is 4.59. The summed E-state index contributed by atoms with van der Waals surface area (Å²) in [7, 11) is 0. The van der Waals surface area contributed by atoms with E-state index in [1.807, 2.05) is 24.4 Å². The maximum atomic E-state index is 7.37. The molecule has 1 aromatic carbocycles. The molecule has 0 aliphatic rings. The van der Waals surface area contributed by atoms with E-state index >= 15 is 0 Å². The van der Waals surface area contributed by atoms with Gasteiger partial charge in [0.25, 0.3) is 0 Å². The number of fused-ring (bicyclic) bond motifs is 1. The minimum Gasteiger partial charge on any atom is -0.384 e. The fraction of sp³-hybridized carbons (Fsp3) is 0. The number of nitrogen functional groups attached to an aromatic ring is 1. The zero-order chi connectivity index (χ0) is 9.42. The standard InChI is InChI=1S/C9H8BrN3/c10-7-2-1-6(9(11)12)8-5(7)3-4-13-8/h1-4,13H,(H3,11,12). The van der Waals surface area contributed by atoms with Gasteiger partial charge in [0.1, 0.15) is 5.84 Å². The molecule has 3 nitrogen and oxygen atoms in total. The number of H-pyrrole nitrogens is 1. The van der Waals surface area contributed by atoms with Gasteiger partial charge in [0.15, 0.2) is 0 Å². The van der Waals surface area contributed by atoms with Gasteiger partial charge in [-0.2, -0.15) is 0 Å². The molecule has 4 heteroatoms. The maximum absolute atomic E-state index is 7.37. The highest BCUT2D eigenvalue weighted by Crippen LogP contribution is 2.25. The van der Waals surface area contributed by atoms with E-state index < -0.39 is 0 Å². The third kappa shape index (κ3) is 1.23. The van der Waals surface area contributed by atoms with Crippen LogP contribution in [0.4, 0.5) is 0 Å². The van der Waals surface area contributed by atoms with Crippen molar-refractivity contribution in [3.8, 4) is 0 Å². The third-order valence-corrected chi connectivity index (χ3v) is 2.65. The van der Waals surface area contributed by atoms with Crippen LogP contribution in [-0.4, -0.2) is 10.8 Å². The SMILES string of the molecule is N=C(N)c1ccc(Br)c2cc[nH]c12. The highest BCUT2D eigenvalue weighted by molar-refractivity contribution is 9.10. The Hall–Kier alpha value is -1.29. The second-order valence-electron chi connectivity index (χ2n) is 2.77. The Morgan fingerprint density at radius 1 is 1.38 bits per heavy atom. The number of aromatic amines is 1. The fourth-order valence-corrected chi connectivity index (χ4v) is 1.81. The topological polar surface area (TPSA) is 65.7 Å². The van der Waals surface area contributed by atoms with Crippen molar-refractivity contribution in [3.63, 3.8) is 0 Å². The van der Waals surface area contributed by atoms with Crippen molar-refractivity contribution < 1.29 is 0 Å². The van der Waals surface area contributed by atoms with Crippen molar-refractivity contribution in [1.82, 2.24) is 4.98 Å². The van der Waals surface area contributed by atoms with Crippen molar-refractivity contribution in [2.75, 3.05) is 0 Å². The van der Waals surface area contributed by atoms with Gasteiger partial charge in [-0.15, -0.1) is 0 Å². The zero-order valence-electron chi connectivity index (χ0n) is 6.76. The number of nitrogens with one attached hydrogen (secondary N) is 2. The second-order valence-corrected chi connectivity index (χ2v) is 3.63. The molecule has 0 saturated heterocycles. The Labute approximate surface area is 83.6 Å². The lowest BCUT2D eigenvalue weighted by atomic mass is 10.1. The van der Waals surface area contributed by atoms with Crippen LogP contribution in [0.5, 0.6) is 0 Å². The van der Waals surface area contributed by atoms with Gasteiger partial charge < -0.3 is 10.7 Å². The van der Waals surface area contributed by atoms with Crippen LogP contribution in [0.1, 0.15) is 5.56 Å². The smallest absolute Gasteiger partial charge is 0.124 e. The molecule has 0 spiro atoms. The van der Waals surface area contributed by atoms with Crippen molar-refractivity contribution in [3.05, 3.63) is 34.4 Å². The van der Waals surface area contributed by atoms with Crippen LogP contribution >= 0.6 is 15.9 Å². The second kappa shape index (κ2) is 2.88. The van der Waals surface area contributed by atoms with E-state index in [2.05, 4.69) is 20.9 Å². The zero-order valence-corrected chi connectivity index (χ0v) is 8.35. The summed E-state index contributed by atoms with van der Waals surface area (Å²) >= 11 is 3.43. The number of benzene rings is 1. The van der Waals surface area contributed by atoms with Gasteiger partial charge in [0.2, 0.25) is 0 Å². The van der Waals surface area contributed by atoms with Crippen LogP contribution in [0.2, 0.25) is 0 Å². The maximum Gasteiger partial charge on any atom is 0.124 e. The van der Waals surface area contributed by atoms with Crippen molar-refractivity contribution in [2.24, 2.45) is 5.73 Å². The Morgan fingerprint density at radius 3 is 2.85 bits per heavy atom. The molecular formula is C9H8BrN3. The summed E-state index contributed by atoms with van der Waals surface area (Å²) in [5, 5.41) is 8.42. The molecule has 4 N–H and O–H groups in total. The minimum atomic E-state index is 0.0833. The van der Waals surface area contributed by atoms with Crippen LogP contribution in [0, 0.1) is 5.41 Å². The molecule has 0 saturated carbocycles. The van der Waals surface area contributed by atoms with Crippen LogP contribution in [0.15, 0.2) is 28.9 Å². The van der Waals surface area contributed by atoms with Gasteiger partial charge in [-0.05, 0) is 18.2 Å². The molecule has 13 heavy (non-hydrogen) atoms. The molecule has 0 atom stereocenters. The average Bonchev–Trinajstić information content (AvgIpc) is 2.53. The average molecular weight is 238 g/mol. The Balaban J connectivity index is 2.86. The molecule has 0 fully saturated rings. The summed E-state index contributed by atoms with van der Waals surface area (Å²) in [5.41, 5.74) is 7.08. The summed E-state index contributed by atoms with van der Waals surface area (Å²) in [5.74, 6) is 0.0833. The van der Waals surface area contributed by atoms with Gasteiger partial charge in [-0.25, -0.2) is 0 Å². The summed E-state index contributed by atoms with van der Waals surface area (Å²) in [6.45, 7) is 0. The minimum absolute atomic E-state index is 0.0833. The quantitative estimate of drug-likeness (QED) is 0.517. The lowest BCUT2D eigenvalue weighted by molar-refractivity contribution is 1.41. The first-order valence-electron chi connectivity index (χ1n) is 3.80. The lowest BCUT2D eigenvalue weighted by Gasteiger charge is -2.01. The molecule has 66 valence electrons. The number of hydrogen-bond acceptors (Lipinski definition) is 1. The van der Waals surface area contributed by atoms with Gasteiger partial charge in [-0.3, -0.25) is 5.41 Å². The predicted octanol–water partition coefficient (Wildman–Crippen LogP) is 2.21. The van der Waals surface area contributed by atoms with Crippen LogP contribution in [0.25, 0.3) is 10.9 Å². The van der Waals surface area contributed by atoms with Crippen molar-refractivity contribution >= 4 is 32.7 Å². The summed E-state index contributed by atoms with van der Waals surface area (Å²) in [6.07, 6.45) is 1.84. The largest absolute Gasteiger partial charge is 0.384 e. The van der Waals surface area contributed by atoms with Gasteiger partial charge in [-0.1, -0.05) is 15.9 Å². The number of nitrogens with two attached hydrogens (primary N) is 1. The molecule has 1 aromatic heterocycles. The summed E-state index contributed by atoms with van der Waals surface area (Å²) in [4.78, 5) is 3.06. The van der Waals surface area contributed by atoms with E-state index in [1.165, 1.54) is 0 Å². The van der Waals surface area contributed by atoms with Gasteiger partial charge in [0.05, 0.1) is 5.52 Å². The van der Waals surface area contributed by atoms with Crippen molar-refractivity contribution in [2.45, 2.75) is 0 Å². The van der Waals surface area contributed by atoms with Crippen molar-refractivity contribution in [1.29, 1.82) is 5.41 Å². The number of aromatic nitrogens is 1. The van der Waals surface area contributed by atoms with E-state index in [9.17, 15) is 0 Å². The molecule has 1 heterocycles. The van der Waals surface area contributed by atoms with Crippen LogP contribution < -0.4 is 5.73 Å². The Kier molecular flexibility index (Phi) is 1.84. The molecular weight excluding hydrogens is 230 g/mol. The molecule has 0 amide bonds. The van der Waals surface area contributed by atoms with E-state index in [0.29, 0.717) is 0 Å². The fourth-order valence-electron chi connectivity index (χ4n) is 1.35. The highest BCUT2D eigenvalue weighted by atomic mass is 79.9. The predicted molar refractivity (Wildman–Crippen MR) is 57.0 cm³/mol. The third-order valence-electron chi connectivity index (χ3n) is 1.96. The van der Waals surface area contributed by atoms with Crippen LogP contribution in [-0.2, 0) is 0 Å². The van der Waals surface area contributed by atoms with E-state index in [-0.39, 0.29) is 5.84 Å². The summed E-state index contributed by atoms with van der Waals surface area (Å²) in [6, 6.07) is 5.67. The van der Waals surface area contributed by atoms with Gasteiger partial charge in [0, 0.05) is 21.6 Å². The highest BCUT2D eigenvalue weighted by Gasteiger charge is 2.06. The molecule has 0 bridgehead atoms. The molecule has 0 aliphatic carbocycles. The Bertz CT molecular complexity index is 473. The van der Waals surface area contributed by atoms with E-state index in [4.69, 9.17) is 11.1 Å². The molecule has 0 unspecified atom stereocenters. The molecule has 2 aromatic rings. The van der Waals surface area contributed by atoms with Crippen LogP contribution in [0.3, 0.4) is 0 Å². The molecule has 2 rings (SSSR count). The number of hydrogen-bond donors (Lipinski definition) is 3. The molecule has 0 radical (unpaired) electrons. The Morgan fingerprint density at radius 2 is 2.15 bits per heavy atom. The van der Waals surface area contributed by atoms with E-state index in [1.54, 1.807) is 0 Å². The first kappa shape index (κ1) is 8.31. The lowest BCUT2D eigenvalue weighted by Crippen LogP contribution is -2.11.